The fraction of sp³-hybridized carbons (Fsp3) is 1.00. The summed E-state index contributed by atoms with van der Waals surface area (Å²) in [7, 11) is 0. The molecule has 3 aliphatic rings. The van der Waals surface area contributed by atoms with E-state index in [0.29, 0.717) is 12.8 Å². The second-order valence-electron chi connectivity index (χ2n) is 6.88. The Morgan fingerprint density at radius 3 is 2.38 bits per heavy atom. The van der Waals surface area contributed by atoms with E-state index in [1.54, 1.807) is 0 Å². The highest BCUT2D eigenvalue weighted by Crippen LogP contribution is 2.63. The fourth-order valence-electron chi connectivity index (χ4n) is 4.16. The lowest BCUT2D eigenvalue weighted by Crippen LogP contribution is -2.59. The number of aliphatic hydroxyl groups excluding tert-OH is 6. The summed E-state index contributed by atoms with van der Waals surface area (Å²) in [5.74, 6) is -0.102. The van der Waals surface area contributed by atoms with Gasteiger partial charge < -0.3 is 44.8 Å². The third-order valence-corrected chi connectivity index (χ3v) is 5.75. The van der Waals surface area contributed by atoms with Gasteiger partial charge in [-0.15, -0.1) is 0 Å². The van der Waals surface area contributed by atoms with Gasteiger partial charge in [-0.3, -0.25) is 0 Å². The number of epoxide rings is 1. The van der Waals surface area contributed by atoms with E-state index in [1.165, 1.54) is 0 Å². The molecular formula is C15H26O9. The lowest BCUT2D eigenvalue weighted by molar-refractivity contribution is -0.301. The van der Waals surface area contributed by atoms with E-state index in [-0.39, 0.29) is 25.7 Å². The average molecular weight is 350 g/mol. The minimum absolute atomic E-state index is 0.0458. The molecule has 6 N–H and O–H groups in total. The van der Waals surface area contributed by atoms with Gasteiger partial charge in [-0.2, -0.15) is 0 Å². The molecule has 0 bridgehead atoms. The minimum atomic E-state index is -1.47. The Balaban J connectivity index is 1.54. The Bertz CT molecular complexity index is 447. The van der Waals surface area contributed by atoms with Gasteiger partial charge in [-0.1, -0.05) is 0 Å². The molecule has 1 aliphatic carbocycles. The lowest BCUT2D eigenvalue weighted by Gasteiger charge is -2.39. The van der Waals surface area contributed by atoms with E-state index < -0.39 is 48.5 Å². The molecule has 0 amide bonds. The average Bonchev–Trinajstić information content (AvgIpc) is 3.14. The molecule has 140 valence electrons. The van der Waals surface area contributed by atoms with Gasteiger partial charge in [0.15, 0.2) is 6.29 Å². The Kier molecular flexibility index (Phi) is 5.18. The first-order chi connectivity index (χ1) is 11.4. The predicted molar refractivity (Wildman–Crippen MR) is 77.8 cm³/mol. The molecule has 0 aromatic rings. The van der Waals surface area contributed by atoms with E-state index in [1.807, 2.05) is 0 Å². The first-order valence-electron chi connectivity index (χ1n) is 8.28. The molecule has 0 aromatic heterocycles. The number of fused-ring (bicyclic) bond motifs is 1. The van der Waals surface area contributed by atoms with Crippen molar-refractivity contribution in [3.8, 4) is 0 Å². The summed E-state index contributed by atoms with van der Waals surface area (Å²) < 4.78 is 16.5. The zero-order valence-electron chi connectivity index (χ0n) is 13.3. The van der Waals surface area contributed by atoms with Crippen LogP contribution in [0.1, 0.15) is 19.3 Å². The summed E-state index contributed by atoms with van der Waals surface area (Å²) in [5, 5.41) is 57.5. The Hall–Kier alpha value is -0.360. The molecule has 3 rings (SSSR count). The molecule has 0 aromatic carbocycles. The number of hydrogen-bond acceptors (Lipinski definition) is 9. The van der Waals surface area contributed by atoms with Gasteiger partial charge in [-0.25, -0.2) is 0 Å². The summed E-state index contributed by atoms with van der Waals surface area (Å²) in [6.45, 7) is -0.583. The van der Waals surface area contributed by atoms with Gasteiger partial charge in [-0.05, 0) is 12.8 Å². The van der Waals surface area contributed by atoms with Crippen LogP contribution in [-0.4, -0.2) is 99.0 Å². The monoisotopic (exact) mass is 350 g/mol. The van der Waals surface area contributed by atoms with Crippen LogP contribution in [0.3, 0.4) is 0 Å². The van der Waals surface area contributed by atoms with Crippen LogP contribution < -0.4 is 0 Å². The topological polar surface area (TPSA) is 152 Å². The molecule has 0 spiro atoms. The summed E-state index contributed by atoms with van der Waals surface area (Å²) >= 11 is 0. The van der Waals surface area contributed by atoms with Crippen LogP contribution in [0.5, 0.6) is 0 Å². The van der Waals surface area contributed by atoms with E-state index in [9.17, 15) is 25.5 Å². The lowest BCUT2D eigenvalue weighted by atomic mass is 9.88. The third-order valence-electron chi connectivity index (χ3n) is 5.75. The van der Waals surface area contributed by atoms with Crippen molar-refractivity contribution in [3.63, 3.8) is 0 Å². The molecule has 2 saturated heterocycles. The molecule has 3 fully saturated rings. The van der Waals surface area contributed by atoms with Crippen LogP contribution in [0, 0.1) is 5.92 Å². The van der Waals surface area contributed by atoms with E-state index >= 15 is 0 Å². The van der Waals surface area contributed by atoms with Crippen molar-refractivity contribution in [1.29, 1.82) is 0 Å². The summed E-state index contributed by atoms with van der Waals surface area (Å²) in [6.07, 6.45) is -4.60. The molecule has 24 heavy (non-hydrogen) atoms. The van der Waals surface area contributed by atoms with Crippen LogP contribution >= 0.6 is 0 Å². The smallest absolute Gasteiger partial charge is 0.186 e. The third kappa shape index (κ3) is 2.68. The Labute approximate surface area is 139 Å². The zero-order chi connectivity index (χ0) is 17.5. The van der Waals surface area contributed by atoms with Crippen molar-refractivity contribution >= 4 is 0 Å². The van der Waals surface area contributed by atoms with Crippen molar-refractivity contribution in [2.45, 2.75) is 61.2 Å². The molecule has 2 heterocycles. The first kappa shape index (κ1) is 18.4. The molecule has 0 unspecified atom stereocenters. The molecule has 0 radical (unpaired) electrons. The zero-order valence-corrected chi connectivity index (χ0v) is 13.3. The fourth-order valence-corrected chi connectivity index (χ4v) is 4.16. The van der Waals surface area contributed by atoms with Gasteiger partial charge in [0.05, 0.1) is 19.8 Å². The second-order valence-corrected chi connectivity index (χ2v) is 6.88. The molecule has 9 nitrogen and oxygen atoms in total. The largest absolute Gasteiger partial charge is 0.396 e. The van der Waals surface area contributed by atoms with Crippen LogP contribution in [0.4, 0.5) is 0 Å². The Morgan fingerprint density at radius 1 is 1.00 bits per heavy atom. The van der Waals surface area contributed by atoms with Crippen molar-refractivity contribution in [2.75, 3.05) is 26.4 Å². The van der Waals surface area contributed by atoms with E-state index in [0.717, 1.165) is 6.42 Å². The molecule has 1 saturated carbocycles. The van der Waals surface area contributed by atoms with Crippen LogP contribution in [0.25, 0.3) is 0 Å². The summed E-state index contributed by atoms with van der Waals surface area (Å²) in [6, 6.07) is 0. The van der Waals surface area contributed by atoms with Gasteiger partial charge >= 0.3 is 0 Å². The highest BCUT2D eigenvalue weighted by Gasteiger charge is 2.75. The molecular weight excluding hydrogens is 324 g/mol. The standard InChI is InChI=1S/C15H26O9/c16-5-8-1-2-14(15(8,7-18)24-14)3-4-22-13-12(21)11(20)10(19)9(6-17)23-13/h8-13,16-21H,1-7H2/t8-,9-,10-,11+,12-,13-,14+,15+/m1/s1. The van der Waals surface area contributed by atoms with Crippen molar-refractivity contribution in [3.05, 3.63) is 0 Å². The van der Waals surface area contributed by atoms with Crippen molar-refractivity contribution in [2.24, 2.45) is 5.92 Å². The summed E-state index contributed by atoms with van der Waals surface area (Å²) in [5.41, 5.74) is -1.26. The maximum absolute atomic E-state index is 9.92. The van der Waals surface area contributed by atoms with Gasteiger partial charge in [0.1, 0.15) is 35.6 Å². The highest BCUT2D eigenvalue weighted by molar-refractivity contribution is 5.23. The van der Waals surface area contributed by atoms with Gasteiger partial charge in [0, 0.05) is 18.9 Å². The van der Waals surface area contributed by atoms with Crippen LogP contribution in [0.2, 0.25) is 0 Å². The SMILES string of the molecule is OC[C@H]1CC[C@@]2(CCO[C@@H]3O[C@H](CO)[C@@H](O)[C@H](O)[C@H]3O)O[C@@]12CO. The number of ether oxygens (including phenoxy) is 3. The summed E-state index contributed by atoms with van der Waals surface area (Å²) in [4.78, 5) is 0. The maximum Gasteiger partial charge on any atom is 0.186 e. The molecule has 2 aliphatic heterocycles. The second kappa shape index (κ2) is 6.75. The van der Waals surface area contributed by atoms with Crippen LogP contribution in [-0.2, 0) is 14.2 Å². The van der Waals surface area contributed by atoms with E-state index in [2.05, 4.69) is 0 Å². The van der Waals surface area contributed by atoms with Gasteiger partial charge in [0.25, 0.3) is 0 Å². The maximum atomic E-state index is 9.92. The number of rotatable bonds is 7. The predicted octanol–water partition coefficient (Wildman–Crippen LogP) is -2.90. The molecule has 8 atom stereocenters. The normalized spacial score (nSPS) is 50.8. The van der Waals surface area contributed by atoms with Crippen molar-refractivity contribution in [1.82, 2.24) is 0 Å². The highest BCUT2D eigenvalue weighted by atomic mass is 16.7. The number of hydrogen-bond donors (Lipinski definition) is 6. The Morgan fingerprint density at radius 2 is 1.75 bits per heavy atom. The van der Waals surface area contributed by atoms with Gasteiger partial charge in [0.2, 0.25) is 0 Å². The van der Waals surface area contributed by atoms with Crippen LogP contribution in [0.15, 0.2) is 0 Å². The van der Waals surface area contributed by atoms with E-state index in [4.69, 9.17) is 19.3 Å². The number of aliphatic hydroxyl groups is 6. The minimum Gasteiger partial charge on any atom is -0.396 e. The molecule has 9 heteroatoms. The van der Waals surface area contributed by atoms with Crippen molar-refractivity contribution < 1.29 is 44.8 Å². The quantitative estimate of drug-likeness (QED) is 0.265. The first-order valence-corrected chi connectivity index (χ1v) is 8.28.